The molecule has 4 nitrogen and oxygen atoms in total. The maximum Gasteiger partial charge on any atom is 0.168 e. The summed E-state index contributed by atoms with van der Waals surface area (Å²) in [5, 5.41) is 0. The molecule has 4 rings (SSSR count). The summed E-state index contributed by atoms with van der Waals surface area (Å²) in [7, 11) is 1.73. The van der Waals surface area contributed by atoms with Gasteiger partial charge in [0.15, 0.2) is 11.5 Å². The first-order valence-corrected chi connectivity index (χ1v) is 8.33. The van der Waals surface area contributed by atoms with Gasteiger partial charge in [-0.25, -0.2) is 0 Å². The van der Waals surface area contributed by atoms with E-state index in [2.05, 4.69) is 20.8 Å². The fraction of sp³-hybridized carbons (Fsp3) is 0.667. The zero-order chi connectivity index (χ0) is 15.6. The highest BCUT2D eigenvalue weighted by Gasteiger charge is 2.53. The quantitative estimate of drug-likeness (QED) is 0.933. The predicted octanol–water partition coefficient (Wildman–Crippen LogP) is 2.72. The van der Waals surface area contributed by atoms with Crippen LogP contribution in [0.2, 0.25) is 0 Å². The van der Waals surface area contributed by atoms with Crippen molar-refractivity contribution in [3.05, 3.63) is 16.7 Å². The minimum Gasteiger partial charge on any atom is -0.492 e. The highest BCUT2D eigenvalue weighted by atomic mass is 16.5. The zero-order valence-electron chi connectivity index (χ0n) is 13.9. The van der Waals surface area contributed by atoms with Crippen molar-refractivity contribution in [2.75, 3.05) is 7.11 Å². The summed E-state index contributed by atoms with van der Waals surface area (Å²) in [5.74, 6) is 2.85. The molecule has 120 valence electrons. The average molecular weight is 303 g/mol. The molecule has 4 heteroatoms. The van der Waals surface area contributed by atoms with Crippen LogP contribution in [0.1, 0.15) is 50.3 Å². The van der Waals surface area contributed by atoms with E-state index in [1.165, 1.54) is 16.7 Å². The molecule has 0 spiro atoms. The van der Waals surface area contributed by atoms with Gasteiger partial charge in [-0.15, -0.1) is 0 Å². The van der Waals surface area contributed by atoms with E-state index in [-0.39, 0.29) is 23.7 Å². The smallest absolute Gasteiger partial charge is 0.168 e. The lowest BCUT2D eigenvalue weighted by Crippen LogP contribution is -2.33. The fourth-order valence-electron chi connectivity index (χ4n) is 4.28. The third-order valence-corrected chi connectivity index (χ3v) is 5.54. The van der Waals surface area contributed by atoms with E-state index in [9.17, 15) is 0 Å². The van der Waals surface area contributed by atoms with Crippen LogP contribution in [0.3, 0.4) is 0 Å². The molecule has 2 aliphatic heterocycles. The molecular formula is C18H25NO3. The van der Waals surface area contributed by atoms with Gasteiger partial charge in [-0.2, -0.15) is 0 Å². The number of nitrogens with two attached hydrogens (primary N) is 1. The predicted molar refractivity (Wildman–Crippen MR) is 85.1 cm³/mol. The van der Waals surface area contributed by atoms with Gasteiger partial charge < -0.3 is 19.9 Å². The van der Waals surface area contributed by atoms with Crippen LogP contribution < -0.4 is 19.9 Å². The lowest BCUT2D eigenvalue weighted by molar-refractivity contribution is 0.242. The van der Waals surface area contributed by atoms with Gasteiger partial charge in [-0.05, 0) is 33.6 Å². The van der Waals surface area contributed by atoms with Crippen molar-refractivity contribution in [2.45, 2.75) is 70.1 Å². The molecule has 2 N–H and O–H groups in total. The molecule has 0 bridgehead atoms. The van der Waals surface area contributed by atoms with Crippen molar-refractivity contribution in [3.8, 4) is 17.2 Å². The van der Waals surface area contributed by atoms with Crippen LogP contribution in [0.15, 0.2) is 0 Å². The minimum atomic E-state index is 0.0674. The summed E-state index contributed by atoms with van der Waals surface area (Å²) < 4.78 is 18.0. The summed E-state index contributed by atoms with van der Waals surface area (Å²) >= 11 is 0. The molecule has 0 saturated heterocycles. The molecule has 1 aromatic rings. The van der Waals surface area contributed by atoms with Gasteiger partial charge >= 0.3 is 0 Å². The molecule has 1 aromatic carbocycles. The van der Waals surface area contributed by atoms with Crippen LogP contribution in [0.5, 0.6) is 17.2 Å². The van der Waals surface area contributed by atoms with E-state index in [1.54, 1.807) is 7.11 Å². The normalized spacial score (nSPS) is 28.4. The van der Waals surface area contributed by atoms with Gasteiger partial charge in [0.05, 0.1) is 7.11 Å². The molecule has 2 heterocycles. The monoisotopic (exact) mass is 303 g/mol. The molecule has 1 fully saturated rings. The van der Waals surface area contributed by atoms with Gasteiger partial charge in [0.25, 0.3) is 0 Å². The number of ether oxygens (including phenoxy) is 3. The SMILES string of the molecule is COc1c2c(c(C3(C(C)N)CC3)c3c1OC(C)C3)OC(C)C2. The van der Waals surface area contributed by atoms with E-state index >= 15 is 0 Å². The van der Waals surface area contributed by atoms with E-state index in [1.807, 2.05) is 0 Å². The first kappa shape index (κ1) is 14.2. The Labute approximate surface area is 131 Å². The molecule has 3 aliphatic rings. The first-order chi connectivity index (χ1) is 10.5. The Morgan fingerprint density at radius 1 is 1.09 bits per heavy atom. The molecule has 3 atom stereocenters. The van der Waals surface area contributed by atoms with Crippen LogP contribution >= 0.6 is 0 Å². The summed E-state index contributed by atoms with van der Waals surface area (Å²) in [6.07, 6.45) is 4.45. The van der Waals surface area contributed by atoms with Crippen molar-refractivity contribution in [3.63, 3.8) is 0 Å². The Bertz CT molecular complexity index is 595. The number of benzene rings is 1. The standard InChI is InChI=1S/C18H25NO3/c1-9-7-12-14(18(5-6-18)11(3)19)15-13(8-10(2)21-15)16(20-4)17(12)22-9/h9-11H,5-8,19H2,1-4H3. The lowest BCUT2D eigenvalue weighted by atomic mass is 9.82. The maximum atomic E-state index is 6.37. The highest BCUT2D eigenvalue weighted by molar-refractivity contribution is 5.69. The number of rotatable bonds is 3. The van der Waals surface area contributed by atoms with Gasteiger partial charge in [-0.1, -0.05) is 0 Å². The van der Waals surface area contributed by atoms with E-state index in [4.69, 9.17) is 19.9 Å². The maximum absolute atomic E-state index is 6.37. The fourth-order valence-corrected chi connectivity index (χ4v) is 4.28. The molecule has 0 aromatic heterocycles. The van der Waals surface area contributed by atoms with Crippen LogP contribution in [0.4, 0.5) is 0 Å². The minimum absolute atomic E-state index is 0.0674. The summed E-state index contributed by atoms with van der Waals surface area (Å²) in [5.41, 5.74) is 10.2. The van der Waals surface area contributed by atoms with E-state index in [0.717, 1.165) is 42.9 Å². The second-order valence-corrected chi connectivity index (χ2v) is 7.23. The van der Waals surface area contributed by atoms with Gasteiger partial charge in [-0.3, -0.25) is 0 Å². The molecule has 3 unspecified atom stereocenters. The summed E-state index contributed by atoms with van der Waals surface area (Å²) in [4.78, 5) is 0. The first-order valence-electron chi connectivity index (χ1n) is 8.33. The molecule has 1 aliphatic carbocycles. The van der Waals surface area contributed by atoms with Crippen LogP contribution in [0.25, 0.3) is 0 Å². The zero-order valence-corrected chi connectivity index (χ0v) is 13.9. The number of methoxy groups -OCH3 is 1. The Kier molecular flexibility index (Phi) is 2.93. The Hall–Kier alpha value is -1.42. The lowest BCUT2D eigenvalue weighted by Gasteiger charge is -2.26. The molecule has 22 heavy (non-hydrogen) atoms. The number of hydrogen-bond acceptors (Lipinski definition) is 4. The topological polar surface area (TPSA) is 53.7 Å². The van der Waals surface area contributed by atoms with Crippen molar-refractivity contribution in [1.29, 1.82) is 0 Å². The number of hydrogen-bond donors (Lipinski definition) is 1. The summed E-state index contributed by atoms with van der Waals surface area (Å²) in [6, 6.07) is 0.129. The molecule has 1 saturated carbocycles. The third kappa shape index (κ3) is 1.73. The van der Waals surface area contributed by atoms with E-state index < -0.39 is 0 Å². The van der Waals surface area contributed by atoms with Crippen molar-refractivity contribution in [2.24, 2.45) is 5.73 Å². The van der Waals surface area contributed by atoms with Crippen LogP contribution in [0, 0.1) is 0 Å². The van der Waals surface area contributed by atoms with Gasteiger partial charge in [0.2, 0.25) is 0 Å². The average Bonchev–Trinajstić information content (AvgIpc) is 3.04. The van der Waals surface area contributed by atoms with E-state index in [0.29, 0.717) is 0 Å². The third-order valence-electron chi connectivity index (χ3n) is 5.54. The van der Waals surface area contributed by atoms with Crippen molar-refractivity contribution in [1.82, 2.24) is 0 Å². The number of fused-ring (bicyclic) bond motifs is 2. The van der Waals surface area contributed by atoms with Crippen molar-refractivity contribution < 1.29 is 14.2 Å². The molecule has 0 radical (unpaired) electrons. The molecule has 0 amide bonds. The Morgan fingerprint density at radius 3 is 2.23 bits per heavy atom. The molecular weight excluding hydrogens is 278 g/mol. The second kappa shape index (κ2) is 4.54. The van der Waals surface area contributed by atoms with Crippen LogP contribution in [-0.2, 0) is 18.3 Å². The highest BCUT2D eigenvalue weighted by Crippen LogP contribution is 2.61. The van der Waals surface area contributed by atoms with Gasteiger partial charge in [0, 0.05) is 41.0 Å². The summed E-state index contributed by atoms with van der Waals surface area (Å²) in [6.45, 7) is 6.35. The largest absolute Gasteiger partial charge is 0.492 e. The van der Waals surface area contributed by atoms with Crippen molar-refractivity contribution >= 4 is 0 Å². The van der Waals surface area contributed by atoms with Gasteiger partial charge in [0.1, 0.15) is 18.0 Å². The Balaban J connectivity index is 1.99. The Morgan fingerprint density at radius 2 is 1.68 bits per heavy atom. The van der Waals surface area contributed by atoms with Crippen LogP contribution in [-0.4, -0.2) is 25.4 Å². The second-order valence-electron chi connectivity index (χ2n) is 7.23.